The highest BCUT2D eigenvalue weighted by atomic mass is 35.5. The van der Waals surface area contributed by atoms with Crippen LogP contribution < -0.4 is 10.6 Å². The topological polar surface area (TPSA) is 59.1 Å². The molecular formula is C15H19ClN4O. The highest BCUT2D eigenvalue weighted by molar-refractivity contribution is 6.33. The predicted molar refractivity (Wildman–Crippen MR) is 86.4 cm³/mol. The molecule has 1 aromatic heterocycles. The van der Waals surface area contributed by atoms with E-state index in [4.69, 9.17) is 16.3 Å². The molecule has 5 nitrogen and oxygen atoms in total. The molecule has 0 aliphatic heterocycles. The molecule has 112 valence electrons. The van der Waals surface area contributed by atoms with Crippen molar-refractivity contribution in [2.24, 2.45) is 0 Å². The van der Waals surface area contributed by atoms with E-state index in [0.29, 0.717) is 23.3 Å². The Hall–Kier alpha value is -1.85. The highest BCUT2D eigenvalue weighted by Gasteiger charge is 2.07. The zero-order valence-corrected chi connectivity index (χ0v) is 13.2. The summed E-state index contributed by atoms with van der Waals surface area (Å²) >= 11 is 6.20. The average molecular weight is 307 g/mol. The fourth-order valence-electron chi connectivity index (χ4n) is 1.90. The van der Waals surface area contributed by atoms with Crippen LogP contribution in [-0.4, -0.2) is 23.6 Å². The molecule has 2 aromatic rings. The molecule has 0 saturated carbocycles. The van der Waals surface area contributed by atoms with E-state index in [2.05, 4.69) is 20.6 Å². The van der Waals surface area contributed by atoms with Crippen LogP contribution in [0.25, 0.3) is 0 Å². The Labute approximate surface area is 129 Å². The molecule has 0 atom stereocenters. The number of halogens is 1. The third kappa shape index (κ3) is 4.31. The first-order chi connectivity index (χ1) is 10.1. The number of aromatic nitrogens is 2. The summed E-state index contributed by atoms with van der Waals surface area (Å²) < 4.78 is 5.10. The fraction of sp³-hybridized carbons (Fsp3) is 0.333. The van der Waals surface area contributed by atoms with Gasteiger partial charge in [0.1, 0.15) is 18.2 Å². The summed E-state index contributed by atoms with van der Waals surface area (Å²) in [5.41, 5.74) is 1.95. The number of aryl methyl sites for hydroxylation is 1. The van der Waals surface area contributed by atoms with E-state index >= 15 is 0 Å². The maximum atomic E-state index is 6.20. The third-order valence-corrected chi connectivity index (χ3v) is 3.12. The van der Waals surface area contributed by atoms with E-state index in [1.165, 1.54) is 0 Å². The normalized spacial score (nSPS) is 10.5. The van der Waals surface area contributed by atoms with Gasteiger partial charge in [-0.25, -0.2) is 9.97 Å². The number of rotatable bonds is 6. The van der Waals surface area contributed by atoms with Gasteiger partial charge in [-0.3, -0.25) is 0 Å². The molecule has 0 amide bonds. The second-order valence-corrected chi connectivity index (χ2v) is 5.03. The third-order valence-electron chi connectivity index (χ3n) is 2.79. The summed E-state index contributed by atoms with van der Waals surface area (Å²) in [4.78, 5) is 8.80. The maximum absolute atomic E-state index is 6.20. The lowest BCUT2D eigenvalue weighted by Gasteiger charge is -2.12. The minimum atomic E-state index is 0.357. The van der Waals surface area contributed by atoms with Crippen LogP contribution in [0.3, 0.4) is 0 Å². The minimum absolute atomic E-state index is 0.357. The first kappa shape index (κ1) is 15.5. The van der Waals surface area contributed by atoms with Gasteiger partial charge in [-0.2, -0.15) is 0 Å². The Bertz CT molecular complexity index is 594. The Balaban J connectivity index is 2.31. The van der Waals surface area contributed by atoms with Crippen LogP contribution in [0.4, 0.5) is 17.3 Å². The van der Waals surface area contributed by atoms with Crippen molar-refractivity contribution in [3.8, 4) is 0 Å². The molecule has 0 radical (unpaired) electrons. The van der Waals surface area contributed by atoms with Crippen molar-refractivity contribution in [2.45, 2.75) is 20.5 Å². The highest BCUT2D eigenvalue weighted by Crippen LogP contribution is 2.26. The smallest absolute Gasteiger partial charge is 0.158 e. The van der Waals surface area contributed by atoms with E-state index in [0.717, 1.165) is 23.6 Å². The summed E-state index contributed by atoms with van der Waals surface area (Å²) in [5, 5.41) is 7.06. The number of anilines is 3. The molecule has 6 heteroatoms. The number of benzene rings is 1. The molecule has 0 saturated heterocycles. The molecule has 0 bridgehead atoms. The van der Waals surface area contributed by atoms with Crippen LogP contribution in [-0.2, 0) is 11.3 Å². The monoisotopic (exact) mass is 306 g/mol. The summed E-state index contributed by atoms with van der Waals surface area (Å²) in [5.74, 6) is 2.05. The zero-order chi connectivity index (χ0) is 15.2. The van der Waals surface area contributed by atoms with Crippen LogP contribution >= 0.6 is 11.6 Å². The molecule has 1 aromatic carbocycles. The molecular weight excluding hydrogens is 288 g/mol. The number of methoxy groups -OCH3 is 1. The van der Waals surface area contributed by atoms with E-state index in [1.807, 2.05) is 38.1 Å². The van der Waals surface area contributed by atoms with Crippen LogP contribution in [0, 0.1) is 6.92 Å². The number of ether oxygens (including phenoxy) is 1. The van der Waals surface area contributed by atoms with E-state index < -0.39 is 0 Å². The molecule has 0 aliphatic carbocycles. The molecule has 21 heavy (non-hydrogen) atoms. The fourth-order valence-corrected chi connectivity index (χ4v) is 2.06. The van der Waals surface area contributed by atoms with Gasteiger partial charge in [-0.1, -0.05) is 17.7 Å². The van der Waals surface area contributed by atoms with Gasteiger partial charge in [0.25, 0.3) is 0 Å². The lowest BCUT2D eigenvalue weighted by molar-refractivity contribution is 0.178. The van der Waals surface area contributed by atoms with Crippen LogP contribution in [0.15, 0.2) is 24.3 Å². The molecule has 0 fully saturated rings. The lowest BCUT2D eigenvalue weighted by atomic mass is 10.2. The van der Waals surface area contributed by atoms with Crippen molar-refractivity contribution >= 4 is 28.9 Å². The second kappa shape index (κ2) is 7.24. The van der Waals surface area contributed by atoms with E-state index in [1.54, 1.807) is 7.11 Å². The van der Waals surface area contributed by atoms with Gasteiger partial charge < -0.3 is 15.4 Å². The quantitative estimate of drug-likeness (QED) is 0.851. The average Bonchev–Trinajstić information content (AvgIpc) is 2.43. The first-order valence-electron chi connectivity index (χ1n) is 6.76. The van der Waals surface area contributed by atoms with Gasteiger partial charge in [0.2, 0.25) is 0 Å². The Morgan fingerprint density at radius 3 is 2.67 bits per heavy atom. The summed E-state index contributed by atoms with van der Waals surface area (Å²) in [6, 6.07) is 7.66. The van der Waals surface area contributed by atoms with Crippen molar-refractivity contribution in [1.82, 2.24) is 9.97 Å². The largest absolute Gasteiger partial charge is 0.377 e. The van der Waals surface area contributed by atoms with Crippen molar-refractivity contribution in [3.63, 3.8) is 0 Å². The predicted octanol–water partition coefficient (Wildman–Crippen LogP) is 3.76. The summed E-state index contributed by atoms with van der Waals surface area (Å²) in [7, 11) is 1.62. The molecule has 0 aliphatic rings. The van der Waals surface area contributed by atoms with E-state index in [-0.39, 0.29) is 0 Å². The molecule has 2 rings (SSSR count). The van der Waals surface area contributed by atoms with Crippen molar-refractivity contribution in [1.29, 1.82) is 0 Å². The first-order valence-corrected chi connectivity index (χ1v) is 7.14. The lowest BCUT2D eigenvalue weighted by Crippen LogP contribution is -2.07. The minimum Gasteiger partial charge on any atom is -0.377 e. The van der Waals surface area contributed by atoms with Gasteiger partial charge in [-0.15, -0.1) is 0 Å². The van der Waals surface area contributed by atoms with Crippen molar-refractivity contribution < 1.29 is 4.74 Å². The SMILES string of the molecule is CCNc1cc(Nc2cc(C)ccc2Cl)nc(COC)n1. The van der Waals surface area contributed by atoms with Gasteiger partial charge in [-0.05, 0) is 31.5 Å². The standard InChI is InChI=1S/C15H19ClN4O/c1-4-17-13-8-14(20-15(19-13)9-21-3)18-12-7-10(2)5-6-11(12)16/h5-8H,4,9H2,1-3H3,(H2,17,18,19,20). The number of hydrogen-bond acceptors (Lipinski definition) is 5. The Morgan fingerprint density at radius 1 is 1.19 bits per heavy atom. The number of hydrogen-bond donors (Lipinski definition) is 2. The molecule has 0 spiro atoms. The molecule has 1 heterocycles. The van der Waals surface area contributed by atoms with Gasteiger partial charge >= 0.3 is 0 Å². The Kier molecular flexibility index (Phi) is 5.36. The van der Waals surface area contributed by atoms with Crippen LogP contribution in [0.2, 0.25) is 5.02 Å². The van der Waals surface area contributed by atoms with Gasteiger partial charge in [0, 0.05) is 19.7 Å². The van der Waals surface area contributed by atoms with Gasteiger partial charge in [0.05, 0.1) is 10.7 Å². The van der Waals surface area contributed by atoms with Gasteiger partial charge in [0.15, 0.2) is 5.82 Å². The maximum Gasteiger partial charge on any atom is 0.158 e. The zero-order valence-electron chi connectivity index (χ0n) is 12.4. The van der Waals surface area contributed by atoms with Crippen LogP contribution in [0.5, 0.6) is 0 Å². The number of nitrogens with one attached hydrogen (secondary N) is 2. The molecule has 2 N–H and O–H groups in total. The van der Waals surface area contributed by atoms with Crippen molar-refractivity contribution in [3.05, 3.63) is 40.7 Å². The van der Waals surface area contributed by atoms with E-state index in [9.17, 15) is 0 Å². The van der Waals surface area contributed by atoms with Crippen LogP contribution in [0.1, 0.15) is 18.3 Å². The second-order valence-electron chi connectivity index (χ2n) is 4.63. The Morgan fingerprint density at radius 2 is 1.95 bits per heavy atom. The summed E-state index contributed by atoms with van der Waals surface area (Å²) in [6.07, 6.45) is 0. The summed E-state index contributed by atoms with van der Waals surface area (Å²) in [6.45, 7) is 5.17. The van der Waals surface area contributed by atoms with Crippen molar-refractivity contribution in [2.75, 3.05) is 24.3 Å². The number of nitrogens with zero attached hydrogens (tertiary/aromatic N) is 2. The molecule has 0 unspecified atom stereocenters.